The predicted octanol–water partition coefficient (Wildman–Crippen LogP) is 0.370. The van der Waals surface area contributed by atoms with E-state index in [2.05, 4.69) is 6.92 Å². The summed E-state index contributed by atoms with van der Waals surface area (Å²) in [6, 6.07) is 0. The second-order valence-electron chi connectivity index (χ2n) is 7.90. The molecule has 1 heterocycles. The molecule has 2 fully saturated rings. The van der Waals surface area contributed by atoms with Crippen molar-refractivity contribution in [2.75, 3.05) is 0 Å². The number of carboxylic acid groups (broad SMARTS) is 1. The molecule has 5 nitrogen and oxygen atoms in total. The molecule has 0 aromatic rings. The summed E-state index contributed by atoms with van der Waals surface area (Å²) in [6.07, 6.45) is 6.89. The van der Waals surface area contributed by atoms with Crippen LogP contribution in [0.3, 0.4) is 0 Å². The van der Waals surface area contributed by atoms with Crippen molar-refractivity contribution >= 4 is 5.97 Å². The van der Waals surface area contributed by atoms with Gasteiger partial charge in [-0.15, -0.1) is 0 Å². The average molecular weight is 408 g/mol. The number of hydrogen-bond acceptors (Lipinski definition) is 4. The molecule has 1 saturated carbocycles. The van der Waals surface area contributed by atoms with Gasteiger partial charge >= 0.3 is 35.5 Å². The van der Waals surface area contributed by atoms with Crippen molar-refractivity contribution in [1.29, 1.82) is 0 Å². The van der Waals surface area contributed by atoms with Crippen molar-refractivity contribution in [2.45, 2.75) is 83.0 Å². The molecule has 0 aromatic carbocycles. The van der Waals surface area contributed by atoms with Crippen molar-refractivity contribution in [2.24, 2.45) is 17.8 Å². The molecule has 7 heteroatoms. The summed E-state index contributed by atoms with van der Waals surface area (Å²) in [6.45, 7) is 4.10. The molecule has 0 aromatic heterocycles. The third-order valence-electron chi connectivity index (χ3n) is 5.78. The summed E-state index contributed by atoms with van der Waals surface area (Å²) < 4.78 is 20.6. The monoisotopic (exact) mass is 408 g/mol. The van der Waals surface area contributed by atoms with Gasteiger partial charge in [-0.05, 0) is 18.8 Å². The van der Waals surface area contributed by atoms with Gasteiger partial charge in [0.1, 0.15) is 12.3 Å². The van der Waals surface area contributed by atoms with Crippen LogP contribution in [0.15, 0.2) is 24.3 Å². The van der Waals surface area contributed by atoms with Crippen molar-refractivity contribution < 1.29 is 60.2 Å². The molecule has 1 saturated heterocycles. The average Bonchev–Trinajstić information content (AvgIpc) is 3.09. The Bertz CT molecular complexity index is 547. The molecular weight excluding hydrogens is 374 g/mol. The van der Waals surface area contributed by atoms with E-state index in [-0.39, 0.29) is 55.3 Å². The minimum absolute atomic E-state index is 0. The van der Waals surface area contributed by atoms with Crippen LogP contribution in [0.4, 0.5) is 4.39 Å². The first-order valence-electron chi connectivity index (χ1n) is 10.1. The first-order chi connectivity index (χ1) is 12.8. The molecule has 0 spiro atoms. The number of allylic oxidation sites excluding steroid dienone is 1. The summed E-state index contributed by atoms with van der Waals surface area (Å²) in [5.41, 5.74) is 0. The minimum atomic E-state index is -1.25. The molecule has 28 heavy (non-hydrogen) atoms. The van der Waals surface area contributed by atoms with Gasteiger partial charge in [-0.1, -0.05) is 51.0 Å². The Morgan fingerprint density at radius 2 is 2.11 bits per heavy atom. The SMILES string of the molecule is CCCCC(C)[C@@H](O)/C=C/[C@@H]1[C@H]2C(F)C(/C=C/CCC(=O)O)O[C@H]2C[C@H]1O.[H-].[Na+]. The van der Waals surface area contributed by atoms with Crippen molar-refractivity contribution in [1.82, 2.24) is 0 Å². The second kappa shape index (κ2) is 12.5. The fourth-order valence-corrected chi connectivity index (χ4v) is 4.09. The van der Waals surface area contributed by atoms with Gasteiger partial charge in [-0.3, -0.25) is 4.79 Å². The Morgan fingerprint density at radius 1 is 1.39 bits per heavy atom. The number of carboxylic acids is 1. The van der Waals surface area contributed by atoms with E-state index in [1.165, 1.54) is 0 Å². The number of alkyl halides is 1. The largest absolute Gasteiger partial charge is 1.00 e. The van der Waals surface area contributed by atoms with E-state index in [1.807, 2.05) is 6.92 Å². The summed E-state index contributed by atoms with van der Waals surface area (Å²) in [5, 5.41) is 29.2. The van der Waals surface area contributed by atoms with Crippen LogP contribution >= 0.6 is 0 Å². The first-order valence-corrected chi connectivity index (χ1v) is 10.1. The third kappa shape index (κ3) is 6.92. The van der Waals surface area contributed by atoms with Gasteiger partial charge in [0.15, 0.2) is 0 Å². The molecule has 0 radical (unpaired) electrons. The molecule has 0 amide bonds. The maximum Gasteiger partial charge on any atom is 1.00 e. The first kappa shape index (κ1) is 25.8. The molecule has 1 aliphatic carbocycles. The van der Waals surface area contributed by atoms with Gasteiger partial charge < -0.3 is 21.5 Å². The number of halogens is 1. The quantitative estimate of drug-likeness (QED) is 0.359. The number of carbonyl (C=O) groups is 1. The molecule has 2 aliphatic rings. The maximum absolute atomic E-state index is 14.9. The van der Waals surface area contributed by atoms with Crippen LogP contribution in [0.25, 0.3) is 0 Å². The summed E-state index contributed by atoms with van der Waals surface area (Å²) in [7, 11) is 0. The Morgan fingerprint density at radius 3 is 2.75 bits per heavy atom. The number of rotatable bonds is 10. The number of fused-ring (bicyclic) bond motifs is 1. The van der Waals surface area contributed by atoms with Crippen LogP contribution in [0.2, 0.25) is 0 Å². The number of hydrogen-bond donors (Lipinski definition) is 3. The zero-order chi connectivity index (χ0) is 20.0. The molecule has 3 N–H and O–H groups in total. The second-order valence-corrected chi connectivity index (χ2v) is 7.90. The Balaban J connectivity index is 0.00000392. The molecule has 156 valence electrons. The molecule has 8 atom stereocenters. The number of aliphatic hydroxyl groups excluding tert-OH is 2. The number of aliphatic carboxylic acids is 1. The Labute approximate surface area is 190 Å². The van der Waals surface area contributed by atoms with Crippen LogP contribution in [-0.4, -0.2) is 51.9 Å². The topological polar surface area (TPSA) is 87.0 Å². The van der Waals surface area contributed by atoms with Crippen LogP contribution in [0.1, 0.15) is 53.8 Å². The summed E-state index contributed by atoms with van der Waals surface area (Å²) in [4.78, 5) is 10.5. The van der Waals surface area contributed by atoms with Crippen molar-refractivity contribution in [3.05, 3.63) is 24.3 Å². The van der Waals surface area contributed by atoms with Gasteiger partial charge in [0, 0.05) is 24.7 Å². The van der Waals surface area contributed by atoms with E-state index >= 15 is 0 Å². The zero-order valence-corrected chi connectivity index (χ0v) is 19.2. The van der Waals surface area contributed by atoms with E-state index < -0.39 is 36.4 Å². The fraction of sp³-hybridized carbons (Fsp3) is 0.762. The normalized spacial score (nSPS) is 34.5. The smallest absolute Gasteiger partial charge is 1.00 e. The van der Waals surface area contributed by atoms with Gasteiger partial charge in [0.2, 0.25) is 0 Å². The van der Waals surface area contributed by atoms with E-state index in [0.29, 0.717) is 12.8 Å². The molecular formula is C21H34FNaO5. The standard InChI is InChI=1S/C21H33FO5.Na.H/c1-3-4-7-13(2)15(23)11-10-14-16(24)12-18-20(14)21(22)17(27-18)8-5-6-9-19(25)26;;/h5,8,10-11,13-18,20-21,23-24H,3-4,6-7,9,12H2,1-2H3,(H,25,26);;/q;+1;-1/b8-5+,11-10+;;/t13?,14-,15-,16+,17?,18-,20+,21?;;/m0../s1. The summed E-state index contributed by atoms with van der Waals surface area (Å²) >= 11 is 0. The van der Waals surface area contributed by atoms with Gasteiger partial charge in [0.05, 0.1) is 18.3 Å². The van der Waals surface area contributed by atoms with Crippen molar-refractivity contribution in [3.63, 3.8) is 0 Å². The molecule has 1 aliphatic heterocycles. The predicted molar refractivity (Wildman–Crippen MR) is 102 cm³/mol. The number of ether oxygens (including phenoxy) is 1. The molecule has 0 bridgehead atoms. The number of aliphatic hydroxyl groups is 2. The van der Waals surface area contributed by atoms with E-state index in [9.17, 15) is 19.4 Å². The Hall–Kier alpha value is -0.240. The third-order valence-corrected chi connectivity index (χ3v) is 5.78. The van der Waals surface area contributed by atoms with Gasteiger partial charge in [-0.2, -0.15) is 0 Å². The Kier molecular flexibility index (Phi) is 11.5. The van der Waals surface area contributed by atoms with Gasteiger partial charge in [-0.25, -0.2) is 4.39 Å². The van der Waals surface area contributed by atoms with E-state index in [4.69, 9.17) is 9.84 Å². The molecule has 3 unspecified atom stereocenters. The number of unbranched alkanes of at least 4 members (excludes halogenated alkanes) is 1. The summed E-state index contributed by atoms with van der Waals surface area (Å²) in [5.74, 6) is -1.58. The van der Waals surface area contributed by atoms with Crippen LogP contribution < -0.4 is 29.6 Å². The van der Waals surface area contributed by atoms with Crippen LogP contribution in [-0.2, 0) is 9.53 Å². The van der Waals surface area contributed by atoms with Crippen LogP contribution in [0, 0.1) is 17.8 Å². The fourth-order valence-electron chi connectivity index (χ4n) is 4.09. The van der Waals surface area contributed by atoms with E-state index in [1.54, 1.807) is 24.3 Å². The minimum Gasteiger partial charge on any atom is -1.00 e. The van der Waals surface area contributed by atoms with E-state index in [0.717, 1.165) is 19.3 Å². The maximum atomic E-state index is 14.9. The van der Waals surface area contributed by atoms with Crippen molar-refractivity contribution in [3.8, 4) is 0 Å². The zero-order valence-electron chi connectivity index (χ0n) is 18.2. The van der Waals surface area contributed by atoms with Crippen LogP contribution in [0.5, 0.6) is 0 Å². The molecule has 2 rings (SSSR count). The van der Waals surface area contributed by atoms with Gasteiger partial charge in [0.25, 0.3) is 0 Å².